The van der Waals surface area contributed by atoms with E-state index in [-0.39, 0.29) is 12.5 Å². The van der Waals surface area contributed by atoms with E-state index >= 15 is 0 Å². The molecule has 0 aliphatic carbocycles. The zero-order chi connectivity index (χ0) is 16.7. The molecular formula is C20H21NO2. The first-order valence-electron chi connectivity index (χ1n) is 7.57. The summed E-state index contributed by atoms with van der Waals surface area (Å²) in [6, 6.07) is 19.1. The molecular weight excluding hydrogens is 286 g/mol. The molecule has 0 spiro atoms. The van der Waals surface area contributed by atoms with Gasteiger partial charge in [-0.25, -0.2) is 0 Å². The summed E-state index contributed by atoms with van der Waals surface area (Å²) in [4.78, 5) is 12.3. The highest BCUT2D eigenvalue weighted by molar-refractivity contribution is 5.81. The Kier molecular flexibility index (Phi) is 5.56. The number of ether oxygens (including phenoxy) is 1. The second kappa shape index (κ2) is 7.62. The minimum absolute atomic E-state index is 0.214. The van der Waals surface area contributed by atoms with Gasteiger partial charge in [0.15, 0.2) is 0 Å². The predicted octanol–water partition coefficient (Wildman–Crippen LogP) is 3.14. The Bertz CT molecular complexity index is 697. The van der Waals surface area contributed by atoms with Gasteiger partial charge in [0.1, 0.15) is 12.1 Å². The Morgan fingerprint density at radius 3 is 2.30 bits per heavy atom. The molecule has 118 valence electrons. The molecule has 0 unspecified atom stereocenters. The molecule has 2 aromatic carbocycles. The van der Waals surface area contributed by atoms with Gasteiger partial charge in [0.05, 0.1) is 0 Å². The lowest BCUT2D eigenvalue weighted by molar-refractivity contribution is -0.152. The van der Waals surface area contributed by atoms with Crippen molar-refractivity contribution in [1.29, 1.82) is 0 Å². The average molecular weight is 307 g/mol. The largest absolute Gasteiger partial charge is 0.459 e. The molecule has 0 amide bonds. The van der Waals surface area contributed by atoms with Crippen molar-refractivity contribution in [3.8, 4) is 11.8 Å². The molecule has 0 aliphatic heterocycles. The van der Waals surface area contributed by atoms with E-state index in [0.29, 0.717) is 0 Å². The van der Waals surface area contributed by atoms with Crippen LogP contribution in [0, 0.1) is 17.8 Å². The van der Waals surface area contributed by atoms with Crippen LogP contribution in [0.4, 0.5) is 0 Å². The van der Waals surface area contributed by atoms with Gasteiger partial charge < -0.3 is 10.5 Å². The first kappa shape index (κ1) is 16.8. The monoisotopic (exact) mass is 307 g/mol. The smallest absolute Gasteiger partial charge is 0.327 e. The Balaban J connectivity index is 1.99. The minimum atomic E-state index is -1.16. The molecule has 2 aromatic rings. The van der Waals surface area contributed by atoms with E-state index in [2.05, 4.69) is 11.8 Å². The fourth-order valence-corrected chi connectivity index (χ4v) is 1.92. The van der Waals surface area contributed by atoms with Crippen LogP contribution in [0.15, 0.2) is 60.7 Å². The fourth-order valence-electron chi connectivity index (χ4n) is 1.92. The number of carbonyl (C=O) groups is 1. The average Bonchev–Trinajstić information content (AvgIpc) is 2.59. The molecule has 3 nitrogen and oxygen atoms in total. The van der Waals surface area contributed by atoms with Crippen molar-refractivity contribution in [2.75, 3.05) is 0 Å². The number of benzene rings is 2. The van der Waals surface area contributed by atoms with Gasteiger partial charge in [-0.05, 0) is 31.5 Å². The maximum Gasteiger partial charge on any atom is 0.327 e. The highest BCUT2D eigenvalue weighted by atomic mass is 16.5. The summed E-state index contributed by atoms with van der Waals surface area (Å²) in [5.74, 6) is 5.31. The second-order valence-electron chi connectivity index (χ2n) is 5.70. The Labute approximate surface area is 137 Å². The molecule has 0 saturated carbocycles. The summed E-state index contributed by atoms with van der Waals surface area (Å²) >= 11 is 0. The number of hydrogen-bond donors (Lipinski definition) is 1. The summed E-state index contributed by atoms with van der Waals surface area (Å²) in [6.07, 6.45) is 0. The Morgan fingerprint density at radius 2 is 1.70 bits per heavy atom. The summed E-state index contributed by atoms with van der Waals surface area (Å²) in [6.45, 7) is 3.70. The van der Waals surface area contributed by atoms with Crippen molar-refractivity contribution in [2.45, 2.75) is 26.0 Å². The molecule has 0 fully saturated rings. The van der Waals surface area contributed by atoms with Crippen LogP contribution in [0.1, 0.15) is 25.0 Å². The standard InChI is InChI=1S/C20H21NO2/c1-16(13-14-17-9-5-3-6-10-17)20(2,21)19(22)23-15-18-11-7-4-8-12-18/h3-12,16H,15,21H2,1-2H3/t16-,20+/m0/s1. The summed E-state index contributed by atoms with van der Waals surface area (Å²) in [5, 5.41) is 0. The zero-order valence-corrected chi connectivity index (χ0v) is 13.5. The van der Waals surface area contributed by atoms with Crippen LogP contribution in [0.25, 0.3) is 0 Å². The van der Waals surface area contributed by atoms with Crippen LogP contribution < -0.4 is 5.73 Å². The lowest BCUT2D eigenvalue weighted by Crippen LogP contribution is -2.51. The van der Waals surface area contributed by atoms with Crippen LogP contribution in [-0.2, 0) is 16.1 Å². The van der Waals surface area contributed by atoms with Crippen LogP contribution in [0.5, 0.6) is 0 Å². The molecule has 0 aromatic heterocycles. The number of carbonyl (C=O) groups excluding carboxylic acids is 1. The lowest BCUT2D eigenvalue weighted by Gasteiger charge is -2.25. The first-order valence-corrected chi connectivity index (χ1v) is 7.57. The van der Waals surface area contributed by atoms with E-state index in [0.717, 1.165) is 11.1 Å². The maximum absolute atomic E-state index is 12.3. The van der Waals surface area contributed by atoms with Crippen molar-refractivity contribution >= 4 is 5.97 Å². The summed E-state index contributed by atoms with van der Waals surface area (Å²) < 4.78 is 5.33. The van der Waals surface area contributed by atoms with Gasteiger partial charge in [-0.1, -0.05) is 60.4 Å². The van der Waals surface area contributed by atoms with E-state index in [1.54, 1.807) is 6.92 Å². The van der Waals surface area contributed by atoms with Crippen molar-refractivity contribution in [2.24, 2.45) is 11.7 Å². The van der Waals surface area contributed by atoms with Gasteiger partial charge in [-0.3, -0.25) is 4.79 Å². The van der Waals surface area contributed by atoms with Crippen molar-refractivity contribution in [3.05, 3.63) is 71.8 Å². The summed E-state index contributed by atoms with van der Waals surface area (Å²) in [5.41, 5.74) is 6.83. The van der Waals surface area contributed by atoms with Crippen LogP contribution in [0.2, 0.25) is 0 Å². The third kappa shape index (κ3) is 4.70. The van der Waals surface area contributed by atoms with E-state index < -0.39 is 11.5 Å². The molecule has 0 saturated heterocycles. The van der Waals surface area contributed by atoms with Crippen molar-refractivity contribution < 1.29 is 9.53 Å². The van der Waals surface area contributed by atoms with Crippen molar-refractivity contribution in [1.82, 2.24) is 0 Å². The SMILES string of the molecule is C[C@@H](C#Cc1ccccc1)[C@@](C)(N)C(=O)OCc1ccccc1. The number of hydrogen-bond acceptors (Lipinski definition) is 3. The highest BCUT2D eigenvalue weighted by Crippen LogP contribution is 2.16. The van der Waals surface area contributed by atoms with E-state index in [4.69, 9.17) is 10.5 Å². The zero-order valence-electron chi connectivity index (χ0n) is 13.5. The Hall–Kier alpha value is -2.57. The lowest BCUT2D eigenvalue weighted by atomic mass is 9.88. The van der Waals surface area contributed by atoms with Crippen LogP contribution in [0.3, 0.4) is 0 Å². The van der Waals surface area contributed by atoms with E-state index in [9.17, 15) is 4.79 Å². The molecule has 3 heteroatoms. The van der Waals surface area contributed by atoms with E-state index in [1.165, 1.54) is 0 Å². The van der Waals surface area contributed by atoms with Gasteiger partial charge in [0, 0.05) is 11.5 Å². The van der Waals surface area contributed by atoms with Crippen molar-refractivity contribution in [3.63, 3.8) is 0 Å². The maximum atomic E-state index is 12.3. The topological polar surface area (TPSA) is 52.3 Å². The third-order valence-corrected chi connectivity index (χ3v) is 3.76. The van der Waals surface area contributed by atoms with Crippen LogP contribution >= 0.6 is 0 Å². The molecule has 2 N–H and O–H groups in total. The molecule has 0 aliphatic rings. The summed E-state index contributed by atoms with van der Waals surface area (Å²) in [7, 11) is 0. The van der Waals surface area contributed by atoms with Crippen LogP contribution in [-0.4, -0.2) is 11.5 Å². The molecule has 2 atom stereocenters. The highest BCUT2D eigenvalue weighted by Gasteiger charge is 2.35. The Morgan fingerprint density at radius 1 is 1.13 bits per heavy atom. The van der Waals surface area contributed by atoms with E-state index in [1.807, 2.05) is 67.6 Å². The second-order valence-corrected chi connectivity index (χ2v) is 5.70. The molecule has 2 rings (SSSR count). The van der Waals surface area contributed by atoms with Gasteiger partial charge >= 0.3 is 5.97 Å². The molecule has 0 radical (unpaired) electrons. The van der Waals surface area contributed by atoms with Gasteiger partial charge in [0.2, 0.25) is 0 Å². The number of rotatable bonds is 4. The van der Waals surface area contributed by atoms with Gasteiger partial charge in [-0.2, -0.15) is 0 Å². The number of esters is 1. The molecule has 23 heavy (non-hydrogen) atoms. The van der Waals surface area contributed by atoms with Gasteiger partial charge in [-0.15, -0.1) is 0 Å². The fraction of sp³-hybridized carbons (Fsp3) is 0.250. The number of nitrogens with two attached hydrogens (primary N) is 1. The van der Waals surface area contributed by atoms with Gasteiger partial charge in [0.25, 0.3) is 0 Å². The predicted molar refractivity (Wildman–Crippen MR) is 91.3 cm³/mol. The minimum Gasteiger partial charge on any atom is -0.459 e. The molecule has 0 bridgehead atoms. The normalized spacial score (nSPS) is 14.0. The molecule has 0 heterocycles. The first-order chi connectivity index (χ1) is 11.0. The third-order valence-electron chi connectivity index (χ3n) is 3.76. The quantitative estimate of drug-likeness (QED) is 0.697.